The molecule has 1 fully saturated rings. The number of carboxylic acids is 1. The highest BCUT2D eigenvalue weighted by atomic mass is 79.9. The molecule has 2 rings (SSSR count). The van der Waals surface area contributed by atoms with E-state index in [1.807, 2.05) is 0 Å². The average Bonchev–Trinajstić information content (AvgIpc) is 2.95. The predicted octanol–water partition coefficient (Wildman–Crippen LogP) is 1.17. The van der Waals surface area contributed by atoms with Gasteiger partial charge in [-0.1, -0.05) is 15.9 Å². The van der Waals surface area contributed by atoms with Gasteiger partial charge < -0.3 is 15.3 Å². The third-order valence-electron chi connectivity index (χ3n) is 2.99. The molecule has 1 aromatic carbocycles. The molecule has 1 aromatic rings. The molecule has 21 heavy (non-hydrogen) atoms. The standard InChI is InChI=1S/C13H13BrN2O4S/c14-9-3-1-8(2-4-9)12(18)15-5-11(17)16-7-21-6-10(16)13(19)20/h1-4,10H,5-7H2,(H,15,18)(H,19,20). The smallest absolute Gasteiger partial charge is 0.327 e. The number of carbonyl (C=O) groups is 3. The SMILES string of the molecule is O=C(NCC(=O)N1CSCC1C(=O)O)c1ccc(Br)cc1. The highest BCUT2D eigenvalue weighted by molar-refractivity contribution is 9.10. The summed E-state index contributed by atoms with van der Waals surface area (Å²) in [5.74, 6) is -1.06. The summed E-state index contributed by atoms with van der Waals surface area (Å²) in [5, 5.41) is 11.5. The Hall–Kier alpha value is -1.54. The Morgan fingerprint density at radius 3 is 2.62 bits per heavy atom. The summed E-state index contributed by atoms with van der Waals surface area (Å²) in [6.07, 6.45) is 0. The van der Waals surface area contributed by atoms with Crippen molar-refractivity contribution < 1.29 is 19.5 Å². The second-order valence-corrected chi connectivity index (χ2v) is 6.32. The van der Waals surface area contributed by atoms with E-state index < -0.39 is 17.9 Å². The normalized spacial score (nSPS) is 17.6. The fourth-order valence-corrected chi connectivity index (χ4v) is 3.29. The van der Waals surface area contributed by atoms with Gasteiger partial charge in [0.25, 0.3) is 5.91 Å². The van der Waals surface area contributed by atoms with Crippen molar-refractivity contribution in [3.8, 4) is 0 Å². The fraction of sp³-hybridized carbons (Fsp3) is 0.308. The van der Waals surface area contributed by atoms with E-state index in [4.69, 9.17) is 5.11 Å². The predicted molar refractivity (Wildman–Crippen MR) is 82.1 cm³/mol. The Morgan fingerprint density at radius 2 is 2.00 bits per heavy atom. The summed E-state index contributed by atoms with van der Waals surface area (Å²) in [5.41, 5.74) is 0.441. The van der Waals surface area contributed by atoms with Crippen LogP contribution >= 0.6 is 27.7 Å². The van der Waals surface area contributed by atoms with E-state index in [9.17, 15) is 14.4 Å². The highest BCUT2D eigenvalue weighted by Crippen LogP contribution is 2.20. The maximum atomic E-state index is 12.0. The van der Waals surface area contributed by atoms with Crippen molar-refractivity contribution in [2.45, 2.75) is 6.04 Å². The molecule has 0 spiro atoms. The minimum absolute atomic E-state index is 0.209. The van der Waals surface area contributed by atoms with E-state index in [2.05, 4.69) is 21.2 Å². The van der Waals surface area contributed by atoms with Crippen LogP contribution in [0.25, 0.3) is 0 Å². The number of amides is 2. The number of halogens is 1. The molecule has 1 saturated heterocycles. The van der Waals surface area contributed by atoms with Crippen molar-refractivity contribution in [2.24, 2.45) is 0 Å². The zero-order valence-corrected chi connectivity index (χ0v) is 13.3. The molecule has 0 aliphatic carbocycles. The van der Waals surface area contributed by atoms with Crippen LogP contribution < -0.4 is 5.32 Å². The fourth-order valence-electron chi connectivity index (χ4n) is 1.85. The first-order valence-electron chi connectivity index (χ1n) is 6.13. The summed E-state index contributed by atoms with van der Waals surface area (Å²) < 4.78 is 0.855. The maximum Gasteiger partial charge on any atom is 0.327 e. The van der Waals surface area contributed by atoms with Crippen molar-refractivity contribution in [3.05, 3.63) is 34.3 Å². The van der Waals surface area contributed by atoms with Gasteiger partial charge in [0.05, 0.1) is 12.4 Å². The molecule has 1 aliphatic heterocycles. The van der Waals surface area contributed by atoms with Gasteiger partial charge >= 0.3 is 5.97 Å². The molecule has 0 bridgehead atoms. The monoisotopic (exact) mass is 372 g/mol. The lowest BCUT2D eigenvalue weighted by molar-refractivity contribution is -0.147. The van der Waals surface area contributed by atoms with Gasteiger partial charge in [0.2, 0.25) is 5.91 Å². The first kappa shape index (κ1) is 15.8. The number of carbonyl (C=O) groups excluding carboxylic acids is 2. The molecule has 1 unspecified atom stereocenters. The van der Waals surface area contributed by atoms with Crippen LogP contribution in [-0.4, -0.2) is 52.0 Å². The zero-order valence-electron chi connectivity index (χ0n) is 10.9. The summed E-state index contributed by atoms with van der Waals surface area (Å²) in [7, 11) is 0. The lowest BCUT2D eigenvalue weighted by Gasteiger charge is -2.20. The molecule has 8 heteroatoms. The third-order valence-corrected chi connectivity index (χ3v) is 4.54. The van der Waals surface area contributed by atoms with Gasteiger partial charge in [0.15, 0.2) is 0 Å². The van der Waals surface area contributed by atoms with Crippen molar-refractivity contribution in [2.75, 3.05) is 18.2 Å². The zero-order chi connectivity index (χ0) is 15.4. The first-order valence-corrected chi connectivity index (χ1v) is 8.07. The molecule has 0 radical (unpaired) electrons. The average molecular weight is 373 g/mol. The Kier molecular flexibility index (Phi) is 5.24. The molecule has 0 saturated carbocycles. The van der Waals surface area contributed by atoms with Crippen molar-refractivity contribution in [1.29, 1.82) is 0 Å². The molecule has 1 atom stereocenters. The van der Waals surface area contributed by atoms with E-state index >= 15 is 0 Å². The lowest BCUT2D eigenvalue weighted by Crippen LogP contribution is -2.46. The Balaban J connectivity index is 1.90. The second kappa shape index (κ2) is 6.95. The largest absolute Gasteiger partial charge is 0.480 e. The molecule has 2 N–H and O–H groups in total. The molecule has 1 aliphatic rings. The topological polar surface area (TPSA) is 86.7 Å². The summed E-state index contributed by atoms with van der Waals surface area (Å²) >= 11 is 4.66. The third kappa shape index (κ3) is 3.98. The van der Waals surface area contributed by atoms with E-state index in [1.54, 1.807) is 24.3 Å². The number of hydrogen-bond donors (Lipinski definition) is 2. The van der Waals surface area contributed by atoms with Crippen LogP contribution in [0.15, 0.2) is 28.7 Å². The minimum atomic E-state index is -1.02. The van der Waals surface area contributed by atoms with E-state index in [1.165, 1.54) is 16.7 Å². The van der Waals surface area contributed by atoms with Crippen molar-refractivity contribution >= 4 is 45.5 Å². The number of carboxylic acid groups (broad SMARTS) is 1. The number of thioether (sulfide) groups is 1. The van der Waals surface area contributed by atoms with Crippen molar-refractivity contribution in [3.63, 3.8) is 0 Å². The first-order chi connectivity index (χ1) is 9.99. The molecule has 112 valence electrons. The van der Waals surface area contributed by atoms with Crippen LogP contribution in [0.3, 0.4) is 0 Å². The molecule has 1 heterocycles. The van der Waals surface area contributed by atoms with Gasteiger partial charge in [-0.3, -0.25) is 9.59 Å². The Labute approximate surface area is 134 Å². The van der Waals surface area contributed by atoms with Gasteiger partial charge in [-0.25, -0.2) is 4.79 Å². The number of aliphatic carboxylic acids is 1. The molecular formula is C13H13BrN2O4S. The molecule has 6 nitrogen and oxygen atoms in total. The summed E-state index contributed by atoms with van der Waals surface area (Å²) in [4.78, 5) is 36.1. The van der Waals surface area contributed by atoms with E-state index in [-0.39, 0.29) is 12.5 Å². The van der Waals surface area contributed by atoms with Gasteiger partial charge in [0.1, 0.15) is 6.04 Å². The van der Waals surface area contributed by atoms with Crippen LogP contribution in [-0.2, 0) is 9.59 Å². The molecule has 0 aromatic heterocycles. The van der Waals surface area contributed by atoms with Gasteiger partial charge in [-0.2, -0.15) is 0 Å². The quantitative estimate of drug-likeness (QED) is 0.828. The highest BCUT2D eigenvalue weighted by Gasteiger charge is 2.34. The minimum Gasteiger partial charge on any atom is -0.480 e. The number of rotatable bonds is 4. The van der Waals surface area contributed by atoms with Crippen LogP contribution in [0, 0.1) is 0 Å². The maximum absolute atomic E-state index is 12.0. The summed E-state index contributed by atoms with van der Waals surface area (Å²) in [6, 6.07) is 5.92. The summed E-state index contributed by atoms with van der Waals surface area (Å²) in [6.45, 7) is -0.209. The number of hydrogen-bond acceptors (Lipinski definition) is 4. The van der Waals surface area contributed by atoms with Gasteiger partial charge in [0, 0.05) is 15.8 Å². The molecular weight excluding hydrogens is 360 g/mol. The van der Waals surface area contributed by atoms with Crippen LogP contribution in [0.1, 0.15) is 10.4 Å². The Morgan fingerprint density at radius 1 is 1.33 bits per heavy atom. The van der Waals surface area contributed by atoms with E-state index in [0.717, 1.165) is 4.47 Å². The Bertz CT molecular complexity index is 564. The lowest BCUT2D eigenvalue weighted by atomic mass is 10.2. The second-order valence-electron chi connectivity index (χ2n) is 4.41. The number of nitrogens with one attached hydrogen (secondary N) is 1. The van der Waals surface area contributed by atoms with E-state index in [0.29, 0.717) is 17.2 Å². The van der Waals surface area contributed by atoms with Gasteiger partial charge in [-0.05, 0) is 24.3 Å². The molecule has 2 amide bonds. The van der Waals surface area contributed by atoms with Crippen LogP contribution in [0.5, 0.6) is 0 Å². The van der Waals surface area contributed by atoms with Crippen LogP contribution in [0.2, 0.25) is 0 Å². The number of nitrogens with zero attached hydrogens (tertiary/aromatic N) is 1. The van der Waals surface area contributed by atoms with Crippen LogP contribution in [0.4, 0.5) is 0 Å². The van der Waals surface area contributed by atoms with Crippen molar-refractivity contribution in [1.82, 2.24) is 10.2 Å². The number of benzene rings is 1. The van der Waals surface area contributed by atoms with Gasteiger partial charge in [-0.15, -0.1) is 11.8 Å².